The zero-order valence-corrected chi connectivity index (χ0v) is 18.8. The number of hydrogen-bond acceptors (Lipinski definition) is 5. The first-order valence-corrected chi connectivity index (χ1v) is 12.2. The molecule has 4 aliphatic carbocycles. The highest BCUT2D eigenvalue weighted by molar-refractivity contribution is 5.15. The van der Waals surface area contributed by atoms with Crippen LogP contribution in [0.25, 0.3) is 0 Å². The third-order valence-electron chi connectivity index (χ3n) is 10.4. The maximum Gasteiger partial charge on any atom is 0.102 e. The lowest BCUT2D eigenvalue weighted by atomic mass is 9.43. The first-order chi connectivity index (χ1) is 14.1. The Balaban J connectivity index is 1.62. The number of aliphatic hydroxyl groups is 4. The van der Waals surface area contributed by atoms with E-state index in [-0.39, 0.29) is 34.9 Å². The molecule has 0 amide bonds. The molecule has 4 saturated carbocycles. The van der Waals surface area contributed by atoms with Crippen LogP contribution in [0.3, 0.4) is 0 Å². The van der Waals surface area contributed by atoms with Crippen molar-refractivity contribution in [2.75, 3.05) is 0 Å². The van der Waals surface area contributed by atoms with E-state index >= 15 is 0 Å². The highest BCUT2D eigenvalue weighted by Gasteiger charge is 2.65. The van der Waals surface area contributed by atoms with Crippen LogP contribution in [-0.4, -0.2) is 45.0 Å². The van der Waals surface area contributed by atoms with Gasteiger partial charge in [0, 0.05) is 5.41 Å². The number of nitrogens with two attached hydrogens (primary N) is 1. The molecule has 4 rings (SSSR count). The van der Waals surface area contributed by atoms with Gasteiger partial charge in [-0.15, -0.1) is 6.58 Å². The smallest absolute Gasteiger partial charge is 0.102 e. The van der Waals surface area contributed by atoms with Crippen molar-refractivity contribution in [2.45, 2.75) is 96.2 Å². The monoisotopic (exact) mass is 421 g/mol. The first kappa shape index (κ1) is 22.7. The number of fused-ring (bicyclic) bond motifs is 5. The maximum atomic E-state index is 11.6. The lowest BCUT2D eigenvalue weighted by Crippen LogP contribution is -2.62. The van der Waals surface area contributed by atoms with E-state index in [2.05, 4.69) is 20.4 Å². The minimum atomic E-state index is -0.809. The zero-order chi connectivity index (χ0) is 21.8. The molecule has 172 valence electrons. The first-order valence-electron chi connectivity index (χ1n) is 12.2. The van der Waals surface area contributed by atoms with E-state index in [1.54, 1.807) is 0 Å². The average molecular weight is 422 g/mol. The van der Waals surface area contributed by atoms with Crippen molar-refractivity contribution in [3.63, 3.8) is 0 Å². The van der Waals surface area contributed by atoms with Crippen LogP contribution in [0.5, 0.6) is 0 Å². The van der Waals surface area contributed by atoms with E-state index in [4.69, 9.17) is 5.73 Å². The van der Waals surface area contributed by atoms with E-state index in [1.165, 1.54) is 0 Å². The van der Waals surface area contributed by atoms with Crippen LogP contribution in [0.1, 0.15) is 71.6 Å². The molecule has 0 spiro atoms. The Morgan fingerprint density at radius 3 is 2.43 bits per heavy atom. The molecule has 0 saturated heterocycles. The third kappa shape index (κ3) is 3.40. The van der Waals surface area contributed by atoms with Gasteiger partial charge in [-0.05, 0) is 98.7 Å². The van der Waals surface area contributed by atoms with Gasteiger partial charge in [-0.2, -0.15) is 0 Å². The van der Waals surface area contributed by atoms with Crippen LogP contribution in [0.4, 0.5) is 0 Å². The summed E-state index contributed by atoms with van der Waals surface area (Å²) in [5.74, 6) is 1.72. The fourth-order valence-electron chi connectivity index (χ4n) is 8.76. The second-order valence-electron chi connectivity index (χ2n) is 11.6. The molecule has 0 radical (unpaired) electrons. The minimum Gasteiger partial charge on any atom is -0.393 e. The molecule has 0 aromatic carbocycles. The lowest BCUT2D eigenvalue weighted by molar-refractivity contribution is -0.206. The van der Waals surface area contributed by atoms with Crippen molar-refractivity contribution in [2.24, 2.45) is 52.1 Å². The lowest BCUT2D eigenvalue weighted by Gasteiger charge is -2.63. The van der Waals surface area contributed by atoms with E-state index in [9.17, 15) is 20.4 Å². The van der Waals surface area contributed by atoms with Crippen molar-refractivity contribution >= 4 is 0 Å². The minimum absolute atomic E-state index is 0.102. The van der Waals surface area contributed by atoms with Gasteiger partial charge in [0.25, 0.3) is 0 Å². The summed E-state index contributed by atoms with van der Waals surface area (Å²) in [6, 6.07) is 0. The molecule has 0 aliphatic heterocycles. The van der Waals surface area contributed by atoms with Crippen LogP contribution in [-0.2, 0) is 0 Å². The van der Waals surface area contributed by atoms with Crippen LogP contribution < -0.4 is 5.73 Å². The molecule has 0 heterocycles. The quantitative estimate of drug-likeness (QED) is 0.347. The molecule has 5 nitrogen and oxygen atoms in total. The second-order valence-corrected chi connectivity index (χ2v) is 11.6. The van der Waals surface area contributed by atoms with Gasteiger partial charge in [-0.3, -0.25) is 0 Å². The SMILES string of the molecule is C=C[C@H](CCC(N)O)[C@H]1CC[C@H]2[C@@H]3[C@H](O)CC4C[C@H](O)CC[C@]4(C)[C@H]3C[C@H](O)[C@]12C. The molecule has 0 aromatic heterocycles. The number of hydrogen-bond donors (Lipinski definition) is 5. The molecule has 0 bridgehead atoms. The van der Waals surface area contributed by atoms with Crippen molar-refractivity contribution < 1.29 is 20.4 Å². The second kappa shape index (κ2) is 8.15. The highest BCUT2D eigenvalue weighted by atomic mass is 16.3. The van der Waals surface area contributed by atoms with Gasteiger partial charge in [0.05, 0.1) is 18.3 Å². The van der Waals surface area contributed by atoms with Gasteiger partial charge in [0.1, 0.15) is 6.23 Å². The van der Waals surface area contributed by atoms with Gasteiger partial charge in [-0.1, -0.05) is 19.9 Å². The largest absolute Gasteiger partial charge is 0.393 e. The topological polar surface area (TPSA) is 107 Å². The van der Waals surface area contributed by atoms with Crippen molar-refractivity contribution in [1.29, 1.82) is 0 Å². The number of aliphatic hydroxyl groups excluding tert-OH is 4. The number of rotatable bonds is 5. The fourth-order valence-corrected chi connectivity index (χ4v) is 8.76. The molecular formula is C25H43NO4. The summed E-state index contributed by atoms with van der Waals surface area (Å²) in [4.78, 5) is 0. The third-order valence-corrected chi connectivity index (χ3v) is 10.4. The molecule has 0 aromatic rings. The average Bonchev–Trinajstić information content (AvgIpc) is 3.03. The molecule has 4 aliphatic rings. The summed E-state index contributed by atoms with van der Waals surface area (Å²) in [6.45, 7) is 8.68. The number of allylic oxidation sites excluding steroid dienone is 1. The van der Waals surface area contributed by atoms with Crippen molar-refractivity contribution in [3.8, 4) is 0 Å². The van der Waals surface area contributed by atoms with Crippen molar-refractivity contribution in [3.05, 3.63) is 12.7 Å². The van der Waals surface area contributed by atoms with E-state index in [0.29, 0.717) is 30.1 Å². The van der Waals surface area contributed by atoms with Crippen molar-refractivity contribution in [1.82, 2.24) is 0 Å². The predicted octanol–water partition coefficient (Wildman–Crippen LogP) is 2.81. The highest BCUT2D eigenvalue weighted by Crippen LogP contribution is 2.68. The molecule has 2 unspecified atom stereocenters. The Morgan fingerprint density at radius 2 is 1.77 bits per heavy atom. The van der Waals surface area contributed by atoms with Gasteiger partial charge in [0.15, 0.2) is 0 Å². The molecular weight excluding hydrogens is 378 g/mol. The summed E-state index contributed by atoms with van der Waals surface area (Å²) >= 11 is 0. The zero-order valence-electron chi connectivity index (χ0n) is 18.8. The molecule has 4 fully saturated rings. The van der Waals surface area contributed by atoms with Gasteiger partial charge in [-0.25, -0.2) is 0 Å². The summed E-state index contributed by atoms with van der Waals surface area (Å²) in [5.41, 5.74) is 5.46. The Hall–Kier alpha value is -0.460. The molecule has 12 atom stereocenters. The normalized spacial score (nSPS) is 52.6. The van der Waals surface area contributed by atoms with Crippen LogP contribution >= 0.6 is 0 Å². The van der Waals surface area contributed by atoms with Crippen LogP contribution in [0.2, 0.25) is 0 Å². The Kier molecular flexibility index (Phi) is 6.17. The standard InChI is InChI=1S/C25H43NO4/c1-4-14(5-8-22(26)30)17-6-7-18-23-19(13-21(29)25(17,18)3)24(2)10-9-16(27)11-15(24)12-20(23)28/h4,14-23,27-30H,1,5-13,26H2,2-3H3/t14-,15?,16-,17-,18+,19+,20-,21+,22?,23+,24+,25-/m1/s1. The van der Waals surface area contributed by atoms with Gasteiger partial charge < -0.3 is 26.2 Å². The predicted molar refractivity (Wildman–Crippen MR) is 117 cm³/mol. The Morgan fingerprint density at radius 1 is 1.03 bits per heavy atom. The van der Waals surface area contributed by atoms with E-state index in [0.717, 1.165) is 51.4 Å². The Bertz CT molecular complexity index is 641. The van der Waals surface area contributed by atoms with Crippen LogP contribution in [0.15, 0.2) is 12.7 Å². The van der Waals surface area contributed by atoms with Crippen LogP contribution in [0, 0.1) is 46.3 Å². The Labute approximate surface area is 181 Å². The van der Waals surface area contributed by atoms with E-state index in [1.807, 2.05) is 6.08 Å². The van der Waals surface area contributed by atoms with Gasteiger partial charge in [0.2, 0.25) is 0 Å². The summed E-state index contributed by atoms with van der Waals surface area (Å²) in [5, 5.41) is 42.7. The molecule has 30 heavy (non-hydrogen) atoms. The summed E-state index contributed by atoms with van der Waals surface area (Å²) < 4.78 is 0. The summed E-state index contributed by atoms with van der Waals surface area (Å²) in [6.07, 6.45) is 7.76. The fraction of sp³-hybridized carbons (Fsp3) is 0.920. The molecule has 5 heteroatoms. The van der Waals surface area contributed by atoms with Gasteiger partial charge >= 0.3 is 0 Å². The van der Waals surface area contributed by atoms with E-state index < -0.39 is 12.3 Å². The maximum absolute atomic E-state index is 11.6. The summed E-state index contributed by atoms with van der Waals surface area (Å²) in [7, 11) is 0. The molecule has 6 N–H and O–H groups in total.